The van der Waals surface area contributed by atoms with Crippen molar-refractivity contribution in [1.29, 1.82) is 0 Å². The molecule has 3 aromatic carbocycles. The van der Waals surface area contributed by atoms with Crippen molar-refractivity contribution >= 4 is 35.1 Å². The number of anilines is 1. The van der Waals surface area contributed by atoms with E-state index in [1.165, 1.54) is 43.6 Å². The van der Waals surface area contributed by atoms with Gasteiger partial charge in [0.05, 0.1) is 11.8 Å². The molecule has 0 saturated heterocycles. The van der Waals surface area contributed by atoms with Crippen LogP contribution in [-0.2, 0) is 34.1 Å². The fourth-order valence-electron chi connectivity index (χ4n) is 6.41. The molecule has 0 aliphatic heterocycles. The second-order valence-corrected chi connectivity index (χ2v) is 19.4. The number of hydrogen-bond donors (Lipinski definition) is 3. The van der Waals surface area contributed by atoms with E-state index < -0.39 is 18.5 Å². The number of fused-ring (bicyclic) bond motifs is 3. The lowest BCUT2D eigenvalue weighted by atomic mass is 9.96. The molecule has 1 atom stereocenters. The first-order chi connectivity index (χ1) is 23.2. The third kappa shape index (κ3) is 8.81. The number of benzene rings is 3. The molecular weight excluding hydrogens is 641 g/mol. The molecule has 0 bridgehead atoms. The minimum Gasteiger partial charge on any atom is -0.492 e. The van der Waals surface area contributed by atoms with Crippen LogP contribution in [0.15, 0.2) is 66.7 Å². The fraction of sp³-hybridized carbons (Fsp3) is 0.459. The number of aryl methyl sites for hydroxylation is 2. The Labute approximate surface area is 287 Å². The van der Waals surface area contributed by atoms with Crippen LogP contribution in [0, 0.1) is 0 Å². The van der Waals surface area contributed by atoms with Gasteiger partial charge in [-0.25, -0.2) is 0 Å². The molecule has 0 amide bonds. The Morgan fingerprint density at radius 3 is 2.40 bits per heavy atom. The number of nitrogens with zero attached hydrogens (tertiary/aromatic N) is 1. The predicted molar refractivity (Wildman–Crippen MR) is 198 cm³/mol. The Bertz CT molecular complexity index is 1730. The lowest BCUT2D eigenvalue weighted by Crippen LogP contribution is -2.40. The average molecular weight is 693 g/mol. The topological polar surface area (TPSA) is 105 Å². The summed E-state index contributed by atoms with van der Waals surface area (Å²) >= 11 is 0. The lowest BCUT2D eigenvalue weighted by Gasteiger charge is -2.34. The maximum atomic E-state index is 13.0. The van der Waals surface area contributed by atoms with Crippen molar-refractivity contribution in [2.75, 3.05) is 38.5 Å². The van der Waals surface area contributed by atoms with Gasteiger partial charge in [-0.15, -0.1) is 0 Å². The molecule has 4 aromatic rings. The van der Waals surface area contributed by atoms with Crippen molar-refractivity contribution < 1.29 is 22.3 Å². The maximum absolute atomic E-state index is 13.0. The van der Waals surface area contributed by atoms with E-state index in [9.17, 15) is 8.42 Å². The van der Waals surface area contributed by atoms with Crippen molar-refractivity contribution in [2.45, 2.75) is 77.3 Å². The number of rotatable bonds is 18. The molecular formula is C37H52N4O5SSi. The van der Waals surface area contributed by atoms with Gasteiger partial charge in [0.15, 0.2) is 8.32 Å². The summed E-state index contributed by atoms with van der Waals surface area (Å²) in [6.07, 6.45) is 4.50. The van der Waals surface area contributed by atoms with Crippen molar-refractivity contribution in [2.24, 2.45) is 0 Å². The lowest BCUT2D eigenvalue weighted by molar-refractivity contribution is 0.183. The number of H-pyrrole nitrogens is 1. The smallest absolute Gasteiger partial charge is 0.301 e. The summed E-state index contributed by atoms with van der Waals surface area (Å²) in [5, 5.41) is 4.87. The SMILES string of the molecule is CC[Si](CC)(CC)O[C@@H](CNCCOc1ccc2c3c([nH]c2c1)CCCC3)c1ccc(OCc2ccccc2)c(NS(=O)(=O)N(C)C)c1. The highest BCUT2D eigenvalue weighted by Crippen LogP contribution is 2.35. The molecule has 0 unspecified atom stereocenters. The first kappa shape index (κ1) is 35.9. The first-order valence-corrected chi connectivity index (χ1v) is 21.3. The second-order valence-electron chi connectivity index (χ2n) is 12.8. The Morgan fingerprint density at radius 1 is 0.917 bits per heavy atom. The van der Waals surface area contributed by atoms with Gasteiger partial charge in [0.25, 0.3) is 0 Å². The predicted octanol–water partition coefficient (Wildman–Crippen LogP) is 7.58. The molecule has 0 spiro atoms. The fourth-order valence-corrected chi connectivity index (χ4v) is 9.85. The van der Waals surface area contributed by atoms with Crippen LogP contribution in [0.5, 0.6) is 11.5 Å². The second kappa shape index (κ2) is 16.4. The van der Waals surface area contributed by atoms with Crippen LogP contribution in [0.2, 0.25) is 18.1 Å². The number of nitrogens with one attached hydrogen (secondary N) is 3. The molecule has 5 rings (SSSR count). The molecule has 3 N–H and O–H groups in total. The zero-order valence-corrected chi connectivity index (χ0v) is 30.9. The molecule has 260 valence electrons. The highest BCUT2D eigenvalue weighted by molar-refractivity contribution is 7.90. The Morgan fingerprint density at radius 2 is 1.67 bits per heavy atom. The van der Waals surface area contributed by atoms with Gasteiger partial charge in [0, 0.05) is 49.8 Å². The van der Waals surface area contributed by atoms with E-state index in [4.69, 9.17) is 13.9 Å². The minimum absolute atomic E-state index is 0.274. The largest absolute Gasteiger partial charge is 0.492 e. The normalized spacial score (nSPS) is 14.2. The van der Waals surface area contributed by atoms with Gasteiger partial charge >= 0.3 is 10.2 Å². The van der Waals surface area contributed by atoms with Gasteiger partial charge in [-0.2, -0.15) is 12.7 Å². The van der Waals surface area contributed by atoms with Gasteiger partial charge in [0.2, 0.25) is 0 Å². The molecule has 9 nitrogen and oxygen atoms in total. The number of hydrogen-bond acceptors (Lipinski definition) is 6. The summed E-state index contributed by atoms with van der Waals surface area (Å²) in [6, 6.07) is 24.9. The summed E-state index contributed by atoms with van der Waals surface area (Å²) in [5.74, 6) is 1.31. The number of aromatic amines is 1. The van der Waals surface area contributed by atoms with Crippen molar-refractivity contribution in [3.05, 3.63) is 89.1 Å². The van der Waals surface area contributed by atoms with Gasteiger partial charge in [0.1, 0.15) is 24.7 Å². The highest BCUT2D eigenvalue weighted by Gasteiger charge is 2.33. The third-order valence-corrected chi connectivity index (χ3v) is 15.7. The monoisotopic (exact) mass is 692 g/mol. The van der Waals surface area contributed by atoms with Crippen LogP contribution in [0.3, 0.4) is 0 Å². The quantitative estimate of drug-likeness (QED) is 0.0734. The van der Waals surface area contributed by atoms with Crippen molar-refractivity contribution in [3.8, 4) is 11.5 Å². The molecule has 1 aliphatic carbocycles. The zero-order valence-electron chi connectivity index (χ0n) is 29.1. The standard InChI is InChI=1S/C37H52N4O5SSi/c1-6-48(7-2,8-3)46-37(26-38-22-23-44-30-19-20-32-31-16-12-13-17-33(31)39-34(32)25-30)29-18-21-36(45-27-28-14-10-9-11-15-28)35(24-29)40-47(42,43)41(4)5/h9-11,14-15,18-21,24-25,37-40H,6-8,12-13,16-17,22-23,26-27H2,1-5H3/t37-/m0/s1. The third-order valence-electron chi connectivity index (χ3n) is 9.60. The van der Waals surface area contributed by atoms with Gasteiger partial charge in [-0.05, 0) is 84.8 Å². The van der Waals surface area contributed by atoms with Crippen LogP contribution in [0.4, 0.5) is 5.69 Å². The molecule has 0 radical (unpaired) electrons. The number of ether oxygens (including phenoxy) is 2. The van der Waals surface area contributed by atoms with Crippen LogP contribution in [0.1, 0.15) is 62.1 Å². The summed E-state index contributed by atoms with van der Waals surface area (Å²) < 4.78 is 49.2. The van der Waals surface area contributed by atoms with E-state index in [2.05, 4.69) is 54.0 Å². The van der Waals surface area contributed by atoms with E-state index >= 15 is 0 Å². The molecule has 0 fully saturated rings. The zero-order chi connectivity index (χ0) is 34.1. The summed E-state index contributed by atoms with van der Waals surface area (Å²) in [4.78, 5) is 3.61. The molecule has 11 heteroatoms. The van der Waals surface area contributed by atoms with Crippen LogP contribution in [0.25, 0.3) is 10.9 Å². The van der Waals surface area contributed by atoms with Crippen LogP contribution < -0.4 is 19.5 Å². The Balaban J connectivity index is 1.31. The van der Waals surface area contributed by atoms with Crippen molar-refractivity contribution in [1.82, 2.24) is 14.6 Å². The number of aromatic nitrogens is 1. The summed E-state index contributed by atoms with van der Waals surface area (Å²) in [7, 11) is -2.80. The summed E-state index contributed by atoms with van der Waals surface area (Å²) in [6.45, 7) is 8.66. The van der Waals surface area contributed by atoms with E-state index in [0.29, 0.717) is 37.7 Å². The van der Waals surface area contributed by atoms with E-state index in [-0.39, 0.29) is 6.10 Å². The molecule has 1 heterocycles. The van der Waals surface area contributed by atoms with Gasteiger partial charge in [-0.1, -0.05) is 57.2 Å². The molecule has 0 saturated carbocycles. The van der Waals surface area contributed by atoms with E-state index in [1.54, 1.807) is 0 Å². The Kier molecular flexibility index (Phi) is 12.3. The molecule has 48 heavy (non-hydrogen) atoms. The Hall–Kier alpha value is -3.35. The maximum Gasteiger partial charge on any atom is 0.301 e. The first-order valence-electron chi connectivity index (χ1n) is 17.3. The summed E-state index contributed by atoms with van der Waals surface area (Å²) in [5.41, 5.74) is 6.26. The van der Waals surface area contributed by atoms with Crippen LogP contribution in [-0.4, -0.2) is 59.8 Å². The van der Waals surface area contributed by atoms with Crippen molar-refractivity contribution in [3.63, 3.8) is 0 Å². The van der Waals surface area contributed by atoms with E-state index in [1.807, 2.05) is 48.5 Å². The molecule has 1 aliphatic rings. The van der Waals surface area contributed by atoms with Gasteiger partial charge < -0.3 is 24.2 Å². The minimum atomic E-state index is -3.78. The van der Waals surface area contributed by atoms with Crippen LogP contribution >= 0.6 is 0 Å². The van der Waals surface area contributed by atoms with E-state index in [0.717, 1.165) is 57.7 Å². The average Bonchev–Trinajstić information content (AvgIpc) is 3.47. The highest BCUT2D eigenvalue weighted by atomic mass is 32.2. The molecule has 1 aromatic heterocycles. The van der Waals surface area contributed by atoms with Gasteiger partial charge in [-0.3, -0.25) is 4.72 Å².